The van der Waals surface area contributed by atoms with Gasteiger partial charge in [-0.05, 0) is 17.7 Å². The number of nitrogens with two attached hydrogens (primary N) is 1. The first-order valence-corrected chi connectivity index (χ1v) is 4.10. The molecule has 1 aromatic carbocycles. The Kier molecular flexibility index (Phi) is 3.31. The normalized spacial score (nSPS) is 14.0. The molecule has 0 aliphatic carbocycles. The van der Waals surface area contributed by atoms with Crippen LogP contribution in [0.3, 0.4) is 0 Å². The lowest BCUT2D eigenvalue weighted by Gasteiger charge is -2.10. The van der Waals surface area contributed by atoms with Crippen LogP contribution >= 0.6 is 0 Å². The van der Waals surface area contributed by atoms with Gasteiger partial charge < -0.3 is 10.8 Å². The highest BCUT2D eigenvalue weighted by molar-refractivity contribution is 5.27. The third-order valence-electron chi connectivity index (χ3n) is 1.78. The molecule has 0 saturated heterocycles. The maximum absolute atomic E-state index is 12.8. The van der Waals surface area contributed by atoms with Crippen molar-refractivity contribution in [3.8, 4) is 0 Å². The summed E-state index contributed by atoms with van der Waals surface area (Å²) < 4.78 is 49.5. The smallest absolute Gasteiger partial charge is 0.378 e. The van der Waals surface area contributed by atoms with Crippen molar-refractivity contribution in [1.82, 2.24) is 0 Å². The Morgan fingerprint density at radius 1 is 1.33 bits per heavy atom. The summed E-state index contributed by atoms with van der Waals surface area (Å²) in [6.07, 6.45) is -6.14. The van der Waals surface area contributed by atoms with E-state index in [1.54, 1.807) is 0 Å². The van der Waals surface area contributed by atoms with Crippen molar-refractivity contribution in [3.05, 3.63) is 35.1 Å². The van der Waals surface area contributed by atoms with Crippen LogP contribution < -0.4 is 5.73 Å². The van der Waals surface area contributed by atoms with E-state index in [1.807, 2.05) is 0 Å². The molecule has 0 radical (unpaired) electrons. The summed E-state index contributed by atoms with van der Waals surface area (Å²) in [6.45, 7) is 0. The first-order valence-electron chi connectivity index (χ1n) is 4.10. The fourth-order valence-corrected chi connectivity index (χ4v) is 1.16. The summed E-state index contributed by atoms with van der Waals surface area (Å²) in [5, 5.41) is 8.77. The lowest BCUT2D eigenvalue weighted by molar-refractivity contribution is -0.140. The van der Waals surface area contributed by atoms with E-state index in [2.05, 4.69) is 0 Å². The van der Waals surface area contributed by atoms with Crippen molar-refractivity contribution in [2.24, 2.45) is 5.73 Å². The van der Waals surface area contributed by atoms with E-state index < -0.39 is 23.8 Å². The van der Waals surface area contributed by atoms with Gasteiger partial charge in [0.1, 0.15) is 12.0 Å². The number of benzene rings is 1. The molecular weight excluding hydrogens is 214 g/mol. The Hall–Kier alpha value is -1.14. The van der Waals surface area contributed by atoms with Crippen LogP contribution in [0, 0.1) is 5.82 Å². The second-order valence-electron chi connectivity index (χ2n) is 3.08. The van der Waals surface area contributed by atoms with Gasteiger partial charge in [-0.3, -0.25) is 0 Å². The quantitative estimate of drug-likeness (QED) is 0.591. The fraction of sp³-hybridized carbons (Fsp3) is 0.333. The van der Waals surface area contributed by atoms with Crippen LogP contribution in [0.5, 0.6) is 0 Å². The largest absolute Gasteiger partial charge is 0.419 e. The van der Waals surface area contributed by atoms with E-state index in [0.717, 1.165) is 6.07 Å². The van der Waals surface area contributed by atoms with Gasteiger partial charge in [0.25, 0.3) is 0 Å². The van der Waals surface area contributed by atoms with Crippen LogP contribution in [0.15, 0.2) is 18.2 Å². The zero-order valence-electron chi connectivity index (χ0n) is 7.55. The van der Waals surface area contributed by atoms with Gasteiger partial charge in [-0.1, -0.05) is 6.07 Å². The van der Waals surface area contributed by atoms with E-state index >= 15 is 0 Å². The van der Waals surface area contributed by atoms with Crippen molar-refractivity contribution < 1.29 is 22.7 Å². The van der Waals surface area contributed by atoms with Gasteiger partial charge in [0.2, 0.25) is 0 Å². The number of aliphatic hydroxyl groups excluding tert-OH is 1. The third-order valence-corrected chi connectivity index (χ3v) is 1.78. The van der Waals surface area contributed by atoms with Gasteiger partial charge in [-0.15, -0.1) is 0 Å². The van der Waals surface area contributed by atoms with Crippen LogP contribution in [0.1, 0.15) is 11.1 Å². The minimum absolute atomic E-state index is 0.138. The first kappa shape index (κ1) is 11.9. The molecule has 0 spiro atoms. The van der Waals surface area contributed by atoms with Crippen molar-refractivity contribution in [2.75, 3.05) is 0 Å². The molecule has 0 fully saturated rings. The average molecular weight is 223 g/mol. The molecule has 0 aromatic heterocycles. The Balaban J connectivity index is 3.06. The molecule has 0 heterocycles. The number of halogens is 4. The third kappa shape index (κ3) is 3.17. The van der Waals surface area contributed by atoms with Gasteiger partial charge in [0.05, 0.1) is 5.56 Å². The molecule has 1 aromatic rings. The molecule has 0 amide bonds. The van der Waals surface area contributed by atoms with Crippen molar-refractivity contribution in [3.63, 3.8) is 0 Å². The van der Waals surface area contributed by atoms with Crippen LogP contribution in [0.4, 0.5) is 17.6 Å². The Morgan fingerprint density at radius 2 is 1.93 bits per heavy atom. The number of alkyl halides is 3. The Bertz CT molecular complexity index is 348. The molecule has 0 bridgehead atoms. The molecule has 6 heteroatoms. The summed E-state index contributed by atoms with van der Waals surface area (Å²) >= 11 is 0. The van der Waals surface area contributed by atoms with Gasteiger partial charge in [-0.25, -0.2) is 4.39 Å². The molecule has 2 nitrogen and oxygen atoms in total. The van der Waals surface area contributed by atoms with Gasteiger partial charge >= 0.3 is 6.18 Å². The van der Waals surface area contributed by atoms with Crippen LogP contribution in [-0.2, 0) is 12.6 Å². The predicted octanol–water partition coefficient (Wildman–Crippen LogP) is 1.66. The zero-order valence-corrected chi connectivity index (χ0v) is 7.55. The van der Waals surface area contributed by atoms with Gasteiger partial charge in [-0.2, -0.15) is 13.2 Å². The minimum Gasteiger partial charge on any atom is -0.378 e. The summed E-state index contributed by atoms with van der Waals surface area (Å²) in [5.41, 5.74) is 3.79. The maximum Gasteiger partial charge on any atom is 0.419 e. The monoisotopic (exact) mass is 223 g/mol. The maximum atomic E-state index is 12.8. The highest BCUT2D eigenvalue weighted by Crippen LogP contribution is 2.31. The second kappa shape index (κ2) is 4.16. The van der Waals surface area contributed by atoms with Crippen LogP contribution in [-0.4, -0.2) is 11.3 Å². The molecule has 15 heavy (non-hydrogen) atoms. The standard InChI is InChI=1S/C9H9F4NO/c10-7-2-1-5(4-8(14)15)3-6(7)9(11,12)13/h1-3,8,15H,4,14H2. The fourth-order valence-electron chi connectivity index (χ4n) is 1.16. The summed E-state index contributed by atoms with van der Waals surface area (Å²) in [7, 11) is 0. The lowest BCUT2D eigenvalue weighted by Crippen LogP contribution is -2.22. The molecule has 0 saturated carbocycles. The molecule has 1 rings (SSSR count). The lowest BCUT2D eigenvalue weighted by atomic mass is 10.1. The highest BCUT2D eigenvalue weighted by atomic mass is 19.4. The number of hydrogen-bond donors (Lipinski definition) is 2. The van der Waals surface area contributed by atoms with Crippen molar-refractivity contribution in [1.29, 1.82) is 0 Å². The highest BCUT2D eigenvalue weighted by Gasteiger charge is 2.34. The van der Waals surface area contributed by atoms with Crippen molar-refractivity contribution in [2.45, 2.75) is 18.8 Å². The SMILES string of the molecule is NC(O)Cc1ccc(F)c(C(F)(F)F)c1. The molecular formula is C9H9F4NO. The predicted molar refractivity (Wildman–Crippen MR) is 45.3 cm³/mol. The molecule has 3 N–H and O–H groups in total. The van der Waals surface area contributed by atoms with Crippen LogP contribution in [0.2, 0.25) is 0 Å². The van der Waals surface area contributed by atoms with E-state index in [-0.39, 0.29) is 12.0 Å². The van der Waals surface area contributed by atoms with Crippen LogP contribution in [0.25, 0.3) is 0 Å². The first-order chi connectivity index (χ1) is 6.80. The van der Waals surface area contributed by atoms with Gasteiger partial charge in [0.15, 0.2) is 0 Å². The summed E-state index contributed by atoms with van der Waals surface area (Å²) in [6, 6.07) is 2.51. The van der Waals surface area contributed by atoms with Gasteiger partial charge in [0, 0.05) is 6.42 Å². The number of hydrogen-bond acceptors (Lipinski definition) is 2. The topological polar surface area (TPSA) is 46.2 Å². The Morgan fingerprint density at radius 3 is 2.40 bits per heavy atom. The Labute approximate surface area is 83.3 Å². The van der Waals surface area contributed by atoms with E-state index in [0.29, 0.717) is 12.1 Å². The molecule has 1 atom stereocenters. The molecule has 0 aliphatic rings. The molecule has 84 valence electrons. The summed E-state index contributed by atoms with van der Waals surface area (Å²) in [4.78, 5) is 0. The van der Waals surface area contributed by atoms with Crippen molar-refractivity contribution >= 4 is 0 Å². The minimum atomic E-state index is -4.74. The second-order valence-corrected chi connectivity index (χ2v) is 3.08. The van der Waals surface area contributed by atoms with E-state index in [1.165, 1.54) is 0 Å². The zero-order chi connectivity index (χ0) is 11.6. The molecule has 1 unspecified atom stereocenters. The molecule has 0 aliphatic heterocycles. The van der Waals surface area contributed by atoms with E-state index in [9.17, 15) is 17.6 Å². The summed E-state index contributed by atoms with van der Waals surface area (Å²) in [5.74, 6) is -1.34. The average Bonchev–Trinajstić information content (AvgIpc) is 2.05. The number of aliphatic hydroxyl groups is 1. The van der Waals surface area contributed by atoms with E-state index in [4.69, 9.17) is 10.8 Å². The number of rotatable bonds is 2.